The van der Waals surface area contributed by atoms with Crippen molar-refractivity contribution in [3.8, 4) is 5.75 Å². The number of hydrogen-bond acceptors (Lipinski definition) is 2. The van der Waals surface area contributed by atoms with Crippen molar-refractivity contribution >= 4 is 38.3 Å². The zero-order chi connectivity index (χ0) is 20.9. The van der Waals surface area contributed by atoms with E-state index in [0.717, 1.165) is 12.8 Å². The van der Waals surface area contributed by atoms with Crippen molar-refractivity contribution in [3.63, 3.8) is 0 Å². The number of benzene rings is 2. The summed E-state index contributed by atoms with van der Waals surface area (Å²) in [6, 6.07) is 7.60. The monoisotopic (exact) mass is 429 g/mol. The molecular formula is C19H17F6LiO2P. The summed E-state index contributed by atoms with van der Waals surface area (Å²) in [6.45, 7) is 2.48. The number of carbonyl (C=O) groups excluding carboxylic acids is 1. The molecule has 0 spiro atoms. The number of unbranched alkanes of at least 4 members (excludes halogenated alkanes) is 1. The fourth-order valence-electron chi connectivity index (χ4n) is 2.43. The van der Waals surface area contributed by atoms with Gasteiger partial charge in [0.25, 0.3) is 0 Å². The third-order valence-electron chi connectivity index (χ3n) is 3.78. The van der Waals surface area contributed by atoms with E-state index in [-0.39, 0.29) is 18.9 Å². The van der Waals surface area contributed by atoms with Gasteiger partial charge in [-0.1, -0.05) is 31.5 Å². The van der Waals surface area contributed by atoms with Gasteiger partial charge in [0, 0.05) is 24.4 Å². The van der Waals surface area contributed by atoms with Gasteiger partial charge in [-0.2, -0.15) is 26.3 Å². The summed E-state index contributed by atoms with van der Waals surface area (Å²) in [4.78, 5) is 12.4. The number of hydrogen-bond donors (Lipinski definition) is 0. The number of halogens is 6. The number of rotatable bonds is 7. The first kappa shape index (κ1) is 25.6. The Morgan fingerprint density at radius 1 is 0.931 bits per heavy atom. The van der Waals surface area contributed by atoms with Gasteiger partial charge in [-0.3, -0.25) is 4.79 Å². The Balaban J connectivity index is 0.00000420. The molecule has 2 nitrogen and oxygen atoms in total. The van der Waals surface area contributed by atoms with E-state index in [1.165, 1.54) is 24.3 Å². The summed E-state index contributed by atoms with van der Waals surface area (Å²) in [7, 11) is -0.889. The Labute approximate surface area is 178 Å². The van der Waals surface area contributed by atoms with Crippen molar-refractivity contribution in [2.45, 2.75) is 32.1 Å². The van der Waals surface area contributed by atoms with Gasteiger partial charge < -0.3 is 4.74 Å². The van der Waals surface area contributed by atoms with Crippen LogP contribution < -0.4 is 10.0 Å². The van der Waals surface area contributed by atoms with Gasteiger partial charge >= 0.3 is 12.4 Å². The van der Waals surface area contributed by atoms with Crippen molar-refractivity contribution in [1.29, 1.82) is 0 Å². The molecule has 29 heavy (non-hydrogen) atoms. The van der Waals surface area contributed by atoms with Crippen LogP contribution in [-0.2, 0) is 12.4 Å². The van der Waals surface area contributed by atoms with E-state index >= 15 is 0 Å². The van der Waals surface area contributed by atoms with Crippen LogP contribution in [0.25, 0.3) is 0 Å². The van der Waals surface area contributed by atoms with Crippen LogP contribution in [0, 0.1) is 0 Å². The molecule has 2 aromatic rings. The summed E-state index contributed by atoms with van der Waals surface area (Å²) in [6.07, 6.45) is -8.37. The second-order valence-corrected chi connectivity index (χ2v) is 7.19. The van der Waals surface area contributed by atoms with Crippen LogP contribution in [0.4, 0.5) is 26.3 Å². The Kier molecular flexibility index (Phi) is 9.27. The minimum Gasteiger partial charge on any atom is -0.494 e. The van der Waals surface area contributed by atoms with Gasteiger partial charge in [-0.05, 0) is 44.6 Å². The van der Waals surface area contributed by atoms with E-state index in [0.29, 0.717) is 35.9 Å². The Morgan fingerprint density at radius 2 is 1.45 bits per heavy atom. The van der Waals surface area contributed by atoms with Crippen molar-refractivity contribution in [1.82, 2.24) is 0 Å². The summed E-state index contributed by atoms with van der Waals surface area (Å²) < 4.78 is 84.5. The molecule has 10 heteroatoms. The molecule has 0 aliphatic rings. The molecule has 0 N–H and O–H groups in total. The predicted octanol–water partition coefficient (Wildman–Crippen LogP) is 5.67. The zero-order valence-electron chi connectivity index (χ0n) is 15.7. The fraction of sp³-hybridized carbons (Fsp3) is 0.316. The van der Waals surface area contributed by atoms with Crippen LogP contribution in [0.3, 0.4) is 0 Å². The van der Waals surface area contributed by atoms with Crippen LogP contribution in [0.15, 0.2) is 42.5 Å². The molecule has 0 fully saturated rings. The fourth-order valence-corrected chi connectivity index (χ4v) is 3.42. The average Bonchev–Trinajstić information content (AvgIpc) is 2.61. The largest absolute Gasteiger partial charge is 0.494 e. The van der Waals surface area contributed by atoms with Crippen molar-refractivity contribution in [2.75, 3.05) is 6.61 Å². The zero-order valence-corrected chi connectivity index (χ0v) is 16.7. The van der Waals surface area contributed by atoms with Crippen molar-refractivity contribution < 1.29 is 35.9 Å². The number of carbonyl (C=O) groups is 1. The van der Waals surface area contributed by atoms with Gasteiger partial charge in [0.15, 0.2) is 5.52 Å². The molecule has 0 bridgehead atoms. The van der Waals surface area contributed by atoms with Crippen LogP contribution in [0.2, 0.25) is 0 Å². The normalized spacial score (nSPS) is 12.1. The molecular weight excluding hydrogens is 412 g/mol. The first-order valence-electron chi connectivity index (χ1n) is 8.35. The molecule has 1 atom stereocenters. The first-order valence-corrected chi connectivity index (χ1v) is 9.35. The van der Waals surface area contributed by atoms with Crippen LogP contribution in [0.1, 0.15) is 41.3 Å². The van der Waals surface area contributed by atoms with Gasteiger partial charge in [0.2, 0.25) is 0 Å². The Morgan fingerprint density at radius 3 is 1.90 bits per heavy atom. The smallest absolute Gasteiger partial charge is 0.417 e. The molecule has 0 aliphatic heterocycles. The average molecular weight is 429 g/mol. The summed E-state index contributed by atoms with van der Waals surface area (Å²) in [5.41, 5.74) is -5.73. The van der Waals surface area contributed by atoms with Gasteiger partial charge in [-0.25, -0.2) is 0 Å². The molecule has 0 aromatic heterocycles. The van der Waals surface area contributed by atoms with Crippen LogP contribution in [-0.4, -0.2) is 31.0 Å². The minimum atomic E-state index is -5.08. The first-order chi connectivity index (χ1) is 13.0. The predicted molar refractivity (Wildman–Crippen MR) is 101 cm³/mol. The van der Waals surface area contributed by atoms with E-state index in [9.17, 15) is 31.1 Å². The van der Waals surface area contributed by atoms with E-state index in [2.05, 4.69) is 0 Å². The standard InChI is InChI=1S/C19H17F6O2P.Li/c1-2-3-11-27-12-7-9-13(10-8-12)28-17(26)16-14(18(20,21)22)5-4-6-15(16)19(23,24)25;/h4-10,28H,2-3,11H2,1H3;. The maximum Gasteiger partial charge on any atom is 0.417 e. The molecule has 1 unspecified atom stereocenters. The van der Waals surface area contributed by atoms with Crippen molar-refractivity contribution in [2.24, 2.45) is 0 Å². The van der Waals surface area contributed by atoms with Gasteiger partial charge in [0.05, 0.1) is 17.7 Å². The van der Waals surface area contributed by atoms with E-state index < -0.39 is 43.1 Å². The van der Waals surface area contributed by atoms with E-state index in [1.807, 2.05) is 6.92 Å². The molecule has 0 saturated carbocycles. The molecule has 2 aromatic carbocycles. The molecule has 0 saturated heterocycles. The summed E-state index contributed by atoms with van der Waals surface area (Å²) >= 11 is 0. The summed E-state index contributed by atoms with van der Waals surface area (Å²) in [5.74, 6) is 0.515. The maximum absolute atomic E-state index is 13.2. The van der Waals surface area contributed by atoms with E-state index in [4.69, 9.17) is 4.74 Å². The summed E-state index contributed by atoms with van der Waals surface area (Å²) in [5, 5.41) is 0.318. The second-order valence-electron chi connectivity index (χ2n) is 5.90. The Hall–Kier alpha value is -1.48. The molecule has 0 amide bonds. The van der Waals surface area contributed by atoms with E-state index in [1.54, 1.807) is 0 Å². The SMILES string of the molecule is CCCCOc1ccc(PC(=O)c2c(C(F)(F)F)cccc2C(F)(F)F)cc1.[Li]. The maximum atomic E-state index is 13.2. The number of ether oxygens (including phenoxy) is 1. The van der Waals surface area contributed by atoms with Gasteiger partial charge in [-0.15, -0.1) is 0 Å². The van der Waals surface area contributed by atoms with Gasteiger partial charge in [0.1, 0.15) is 5.75 Å². The van der Waals surface area contributed by atoms with Crippen LogP contribution >= 0.6 is 8.58 Å². The van der Waals surface area contributed by atoms with Crippen molar-refractivity contribution in [3.05, 3.63) is 59.2 Å². The molecule has 1 radical (unpaired) electrons. The molecule has 0 aliphatic carbocycles. The topological polar surface area (TPSA) is 26.3 Å². The quantitative estimate of drug-likeness (QED) is 0.246. The molecule has 153 valence electrons. The van der Waals surface area contributed by atoms with Crippen LogP contribution in [0.5, 0.6) is 5.75 Å². The molecule has 2 rings (SSSR count). The third-order valence-corrected chi connectivity index (χ3v) is 4.88. The Bertz CT molecular complexity index is 787. The molecule has 0 heterocycles. The minimum absolute atomic E-state index is 0. The third kappa shape index (κ3) is 7.06. The second kappa shape index (κ2) is 10.5. The number of alkyl halides is 6.